The van der Waals surface area contributed by atoms with E-state index in [4.69, 9.17) is 0 Å². The highest BCUT2D eigenvalue weighted by Crippen LogP contribution is 2.30. The van der Waals surface area contributed by atoms with Crippen LogP contribution in [-0.4, -0.2) is 31.1 Å². The van der Waals surface area contributed by atoms with Crippen LogP contribution < -0.4 is 4.90 Å². The van der Waals surface area contributed by atoms with Gasteiger partial charge in [0.25, 0.3) is 0 Å². The SMILES string of the molecule is CCCN1CCN(c2ccccc2)C(c2ccccc2)C1. The maximum atomic E-state index is 2.59. The van der Waals surface area contributed by atoms with Crippen LogP contribution in [0, 0.1) is 0 Å². The lowest BCUT2D eigenvalue weighted by Crippen LogP contribution is -2.48. The Bertz CT molecular complexity index is 538. The molecule has 1 fully saturated rings. The summed E-state index contributed by atoms with van der Waals surface area (Å²) in [5.41, 5.74) is 2.75. The quantitative estimate of drug-likeness (QED) is 0.836. The molecular formula is C19H24N2. The first-order valence-electron chi connectivity index (χ1n) is 7.97. The monoisotopic (exact) mass is 280 g/mol. The van der Waals surface area contributed by atoms with Crippen LogP contribution in [0.4, 0.5) is 5.69 Å². The van der Waals surface area contributed by atoms with Gasteiger partial charge in [-0.2, -0.15) is 0 Å². The zero-order valence-electron chi connectivity index (χ0n) is 12.8. The van der Waals surface area contributed by atoms with Gasteiger partial charge in [-0.1, -0.05) is 55.5 Å². The molecule has 0 saturated carbocycles. The van der Waals surface area contributed by atoms with Crippen molar-refractivity contribution in [2.24, 2.45) is 0 Å². The molecule has 2 heteroatoms. The van der Waals surface area contributed by atoms with Crippen LogP contribution in [0.25, 0.3) is 0 Å². The third-order valence-electron chi connectivity index (χ3n) is 4.28. The van der Waals surface area contributed by atoms with Crippen molar-refractivity contribution >= 4 is 5.69 Å². The van der Waals surface area contributed by atoms with Crippen LogP contribution >= 0.6 is 0 Å². The number of benzene rings is 2. The summed E-state index contributed by atoms with van der Waals surface area (Å²) in [6.07, 6.45) is 1.23. The molecule has 2 aromatic carbocycles. The lowest BCUT2D eigenvalue weighted by atomic mass is 10.0. The van der Waals surface area contributed by atoms with E-state index in [0.717, 1.165) is 19.6 Å². The van der Waals surface area contributed by atoms with Gasteiger partial charge in [-0.15, -0.1) is 0 Å². The fraction of sp³-hybridized carbons (Fsp3) is 0.368. The van der Waals surface area contributed by atoms with E-state index in [0.29, 0.717) is 6.04 Å². The number of anilines is 1. The first-order chi connectivity index (χ1) is 10.4. The Morgan fingerprint density at radius 1 is 0.905 bits per heavy atom. The first kappa shape index (κ1) is 14.2. The second-order valence-corrected chi connectivity index (χ2v) is 5.76. The van der Waals surface area contributed by atoms with Crippen LogP contribution in [0.2, 0.25) is 0 Å². The summed E-state index contributed by atoms with van der Waals surface area (Å²) in [7, 11) is 0. The first-order valence-corrected chi connectivity index (χ1v) is 7.97. The average molecular weight is 280 g/mol. The lowest BCUT2D eigenvalue weighted by Gasteiger charge is -2.43. The summed E-state index contributed by atoms with van der Waals surface area (Å²) >= 11 is 0. The molecule has 1 atom stereocenters. The maximum absolute atomic E-state index is 2.59. The predicted molar refractivity (Wildman–Crippen MR) is 89.7 cm³/mol. The van der Waals surface area contributed by atoms with E-state index in [1.54, 1.807) is 0 Å². The van der Waals surface area contributed by atoms with E-state index in [1.165, 1.54) is 24.2 Å². The molecule has 1 unspecified atom stereocenters. The van der Waals surface area contributed by atoms with Gasteiger partial charge in [0, 0.05) is 25.3 Å². The lowest BCUT2D eigenvalue weighted by molar-refractivity contribution is 0.224. The number of hydrogen-bond donors (Lipinski definition) is 0. The standard InChI is InChI=1S/C19H24N2/c1-2-13-20-14-15-21(18-11-7-4-8-12-18)19(16-20)17-9-5-3-6-10-17/h3-12,19H,2,13-16H2,1H3. The van der Waals surface area contributed by atoms with Gasteiger partial charge in [-0.3, -0.25) is 4.90 Å². The Morgan fingerprint density at radius 3 is 2.24 bits per heavy atom. The largest absolute Gasteiger partial charge is 0.362 e. The average Bonchev–Trinajstić information content (AvgIpc) is 2.57. The predicted octanol–water partition coefficient (Wildman–Crippen LogP) is 3.96. The van der Waals surface area contributed by atoms with Gasteiger partial charge in [-0.25, -0.2) is 0 Å². The van der Waals surface area contributed by atoms with Crippen LogP contribution in [0.5, 0.6) is 0 Å². The van der Waals surface area contributed by atoms with E-state index in [-0.39, 0.29) is 0 Å². The second-order valence-electron chi connectivity index (χ2n) is 5.76. The Morgan fingerprint density at radius 2 is 1.57 bits per heavy atom. The molecule has 0 N–H and O–H groups in total. The van der Waals surface area contributed by atoms with Gasteiger partial charge in [0.2, 0.25) is 0 Å². The molecule has 21 heavy (non-hydrogen) atoms. The molecule has 1 heterocycles. The molecule has 1 saturated heterocycles. The molecule has 0 bridgehead atoms. The Kier molecular flexibility index (Phi) is 4.56. The third-order valence-corrected chi connectivity index (χ3v) is 4.28. The molecule has 0 aromatic heterocycles. The molecule has 0 amide bonds. The van der Waals surface area contributed by atoms with Gasteiger partial charge in [0.15, 0.2) is 0 Å². The molecule has 0 radical (unpaired) electrons. The zero-order valence-corrected chi connectivity index (χ0v) is 12.8. The number of rotatable bonds is 4. The minimum atomic E-state index is 0.453. The number of nitrogens with zero attached hydrogens (tertiary/aromatic N) is 2. The Labute approximate surface area is 128 Å². The summed E-state index contributed by atoms with van der Waals surface area (Å²) in [4.78, 5) is 5.15. The van der Waals surface area contributed by atoms with E-state index < -0.39 is 0 Å². The second kappa shape index (κ2) is 6.77. The fourth-order valence-electron chi connectivity index (χ4n) is 3.25. The van der Waals surface area contributed by atoms with Crippen molar-refractivity contribution < 1.29 is 0 Å². The topological polar surface area (TPSA) is 6.48 Å². The minimum Gasteiger partial charge on any atom is -0.362 e. The van der Waals surface area contributed by atoms with E-state index in [1.807, 2.05) is 0 Å². The molecular weight excluding hydrogens is 256 g/mol. The third kappa shape index (κ3) is 3.27. The van der Waals surface area contributed by atoms with Crippen molar-refractivity contribution in [2.75, 3.05) is 31.1 Å². The number of piperazine rings is 1. The zero-order chi connectivity index (χ0) is 14.5. The van der Waals surface area contributed by atoms with Crippen LogP contribution in [0.15, 0.2) is 60.7 Å². The van der Waals surface area contributed by atoms with Crippen molar-refractivity contribution in [1.82, 2.24) is 4.90 Å². The van der Waals surface area contributed by atoms with Gasteiger partial charge in [0.1, 0.15) is 0 Å². The van der Waals surface area contributed by atoms with E-state index >= 15 is 0 Å². The van der Waals surface area contributed by atoms with Crippen LogP contribution in [0.1, 0.15) is 24.9 Å². The molecule has 2 aromatic rings. The minimum absolute atomic E-state index is 0.453. The van der Waals surface area contributed by atoms with Crippen molar-refractivity contribution in [3.05, 3.63) is 66.2 Å². The molecule has 110 valence electrons. The van der Waals surface area contributed by atoms with Gasteiger partial charge in [-0.05, 0) is 30.7 Å². The van der Waals surface area contributed by atoms with Gasteiger partial charge in [0.05, 0.1) is 6.04 Å². The van der Waals surface area contributed by atoms with Crippen LogP contribution in [0.3, 0.4) is 0 Å². The highest BCUT2D eigenvalue weighted by Gasteiger charge is 2.27. The highest BCUT2D eigenvalue weighted by atomic mass is 15.3. The van der Waals surface area contributed by atoms with E-state index in [2.05, 4.69) is 77.4 Å². The fourth-order valence-corrected chi connectivity index (χ4v) is 3.25. The normalized spacial score (nSPS) is 19.7. The molecule has 1 aliphatic rings. The summed E-state index contributed by atoms with van der Waals surface area (Å²) in [6, 6.07) is 22.2. The van der Waals surface area contributed by atoms with E-state index in [9.17, 15) is 0 Å². The summed E-state index contributed by atoms with van der Waals surface area (Å²) in [5, 5.41) is 0. The smallest absolute Gasteiger partial charge is 0.0670 e. The van der Waals surface area contributed by atoms with Crippen molar-refractivity contribution in [3.63, 3.8) is 0 Å². The molecule has 3 rings (SSSR count). The number of para-hydroxylation sites is 1. The van der Waals surface area contributed by atoms with Gasteiger partial charge >= 0.3 is 0 Å². The molecule has 2 nitrogen and oxygen atoms in total. The van der Waals surface area contributed by atoms with Crippen molar-refractivity contribution in [3.8, 4) is 0 Å². The highest BCUT2D eigenvalue weighted by molar-refractivity contribution is 5.49. The molecule has 1 aliphatic heterocycles. The molecule has 0 aliphatic carbocycles. The summed E-state index contributed by atoms with van der Waals surface area (Å²) < 4.78 is 0. The maximum Gasteiger partial charge on any atom is 0.0670 e. The molecule has 0 spiro atoms. The van der Waals surface area contributed by atoms with Crippen molar-refractivity contribution in [2.45, 2.75) is 19.4 Å². The summed E-state index contributed by atoms with van der Waals surface area (Å²) in [6.45, 7) is 6.84. The summed E-state index contributed by atoms with van der Waals surface area (Å²) in [5.74, 6) is 0. The Hall–Kier alpha value is -1.80. The van der Waals surface area contributed by atoms with Gasteiger partial charge < -0.3 is 4.90 Å². The van der Waals surface area contributed by atoms with Crippen LogP contribution in [-0.2, 0) is 0 Å². The van der Waals surface area contributed by atoms with Crippen molar-refractivity contribution in [1.29, 1.82) is 0 Å². The number of hydrogen-bond acceptors (Lipinski definition) is 2. The Balaban J connectivity index is 1.88.